The van der Waals surface area contributed by atoms with E-state index in [1.165, 1.54) is 6.33 Å². The second-order valence-corrected chi connectivity index (χ2v) is 4.77. The van der Waals surface area contributed by atoms with Crippen molar-refractivity contribution in [2.75, 3.05) is 22.5 Å². The van der Waals surface area contributed by atoms with Gasteiger partial charge in [-0.2, -0.15) is 5.10 Å². The minimum atomic E-state index is -0.102. The Balaban J connectivity index is 1.79. The van der Waals surface area contributed by atoms with Crippen LogP contribution in [0.1, 0.15) is 18.2 Å². The summed E-state index contributed by atoms with van der Waals surface area (Å²) in [4.78, 5) is 19.8. The zero-order chi connectivity index (χ0) is 14.8. The highest BCUT2D eigenvalue weighted by Gasteiger charge is 2.19. The topological polar surface area (TPSA) is 96.8 Å². The first-order valence-electron chi connectivity index (χ1n) is 6.83. The molecule has 21 heavy (non-hydrogen) atoms. The molecule has 8 nitrogen and oxygen atoms in total. The van der Waals surface area contributed by atoms with Gasteiger partial charge in [0.25, 0.3) is 0 Å². The Labute approximate surface area is 122 Å². The number of nitrogens with zero attached hydrogens (tertiary/aromatic N) is 4. The van der Waals surface area contributed by atoms with Gasteiger partial charge in [-0.1, -0.05) is 0 Å². The first-order chi connectivity index (χ1) is 10.2. The van der Waals surface area contributed by atoms with Gasteiger partial charge in [0.15, 0.2) is 11.6 Å². The van der Waals surface area contributed by atoms with E-state index in [0.717, 1.165) is 17.8 Å². The first kappa shape index (κ1) is 13.3. The fourth-order valence-electron chi connectivity index (χ4n) is 2.28. The summed E-state index contributed by atoms with van der Waals surface area (Å²) < 4.78 is 1.94. The van der Waals surface area contributed by atoms with Gasteiger partial charge in [-0.05, 0) is 13.8 Å². The van der Waals surface area contributed by atoms with Crippen LogP contribution in [0, 0.1) is 6.92 Å². The van der Waals surface area contributed by atoms with E-state index in [2.05, 4.69) is 37.9 Å². The van der Waals surface area contributed by atoms with E-state index >= 15 is 0 Å². The minimum absolute atomic E-state index is 0.102. The molecule has 0 atom stereocenters. The standard InChI is InChI=1S/C13H17N7O/c1-3-20-8(2)9(5-18-20)4-14-12-11-13(17-7-16-12)15-6-10(21)19-11/h5,7H,3-4,6H2,1-2H3,(H,19,21)(H2,14,15,16,17). The normalized spacial score (nSPS) is 13.3. The third-order valence-electron chi connectivity index (χ3n) is 3.48. The smallest absolute Gasteiger partial charge is 0.243 e. The van der Waals surface area contributed by atoms with Crippen molar-refractivity contribution in [3.8, 4) is 0 Å². The van der Waals surface area contributed by atoms with Crippen LogP contribution in [0.2, 0.25) is 0 Å². The van der Waals surface area contributed by atoms with Crippen molar-refractivity contribution in [1.29, 1.82) is 0 Å². The fraction of sp³-hybridized carbons (Fsp3) is 0.385. The first-order valence-corrected chi connectivity index (χ1v) is 6.83. The number of carbonyl (C=O) groups is 1. The minimum Gasteiger partial charge on any atom is -0.364 e. The zero-order valence-corrected chi connectivity index (χ0v) is 12.0. The largest absolute Gasteiger partial charge is 0.364 e. The van der Waals surface area contributed by atoms with Crippen LogP contribution in [-0.4, -0.2) is 32.2 Å². The number of aryl methyl sites for hydroxylation is 1. The Morgan fingerprint density at radius 2 is 2.29 bits per heavy atom. The number of rotatable bonds is 4. The monoisotopic (exact) mass is 287 g/mol. The molecule has 110 valence electrons. The van der Waals surface area contributed by atoms with Gasteiger partial charge in [0.1, 0.15) is 12.0 Å². The molecule has 3 rings (SSSR count). The molecule has 1 aliphatic heterocycles. The molecule has 0 saturated heterocycles. The van der Waals surface area contributed by atoms with Crippen LogP contribution < -0.4 is 16.0 Å². The number of hydrogen-bond acceptors (Lipinski definition) is 6. The van der Waals surface area contributed by atoms with E-state index in [0.29, 0.717) is 23.9 Å². The molecule has 0 unspecified atom stereocenters. The van der Waals surface area contributed by atoms with Gasteiger partial charge in [-0.15, -0.1) is 0 Å². The van der Waals surface area contributed by atoms with Crippen molar-refractivity contribution in [3.63, 3.8) is 0 Å². The van der Waals surface area contributed by atoms with Crippen molar-refractivity contribution in [3.05, 3.63) is 23.8 Å². The predicted molar refractivity (Wildman–Crippen MR) is 79.1 cm³/mol. The van der Waals surface area contributed by atoms with Crippen molar-refractivity contribution >= 4 is 23.2 Å². The van der Waals surface area contributed by atoms with E-state index in [4.69, 9.17) is 0 Å². The summed E-state index contributed by atoms with van der Waals surface area (Å²) in [7, 11) is 0. The van der Waals surface area contributed by atoms with Gasteiger partial charge in [0.05, 0.1) is 12.7 Å². The Hall–Kier alpha value is -2.64. The maximum absolute atomic E-state index is 11.5. The van der Waals surface area contributed by atoms with E-state index < -0.39 is 0 Å². The van der Waals surface area contributed by atoms with Crippen LogP contribution in [0.25, 0.3) is 0 Å². The highest BCUT2D eigenvalue weighted by Crippen LogP contribution is 2.28. The maximum Gasteiger partial charge on any atom is 0.243 e. The lowest BCUT2D eigenvalue weighted by atomic mass is 10.2. The number of amides is 1. The maximum atomic E-state index is 11.5. The number of carbonyl (C=O) groups excluding carboxylic acids is 1. The molecule has 8 heteroatoms. The van der Waals surface area contributed by atoms with Crippen molar-refractivity contribution in [2.24, 2.45) is 0 Å². The summed E-state index contributed by atoms with van der Waals surface area (Å²) in [5.74, 6) is 1.13. The molecular weight excluding hydrogens is 270 g/mol. The number of fused-ring (bicyclic) bond motifs is 1. The van der Waals surface area contributed by atoms with Gasteiger partial charge in [0, 0.05) is 24.3 Å². The average Bonchev–Trinajstić information content (AvgIpc) is 2.85. The van der Waals surface area contributed by atoms with Gasteiger partial charge < -0.3 is 16.0 Å². The summed E-state index contributed by atoms with van der Waals surface area (Å²) in [6.07, 6.45) is 3.31. The summed E-state index contributed by atoms with van der Waals surface area (Å²) in [6, 6.07) is 0. The van der Waals surface area contributed by atoms with Crippen LogP contribution in [-0.2, 0) is 17.9 Å². The number of nitrogens with one attached hydrogen (secondary N) is 3. The molecule has 0 radical (unpaired) electrons. The highest BCUT2D eigenvalue weighted by molar-refractivity contribution is 6.02. The Morgan fingerprint density at radius 3 is 3.05 bits per heavy atom. The predicted octanol–water partition coefficient (Wildman–Crippen LogP) is 0.978. The lowest BCUT2D eigenvalue weighted by Crippen LogP contribution is -2.29. The van der Waals surface area contributed by atoms with E-state index in [-0.39, 0.29) is 12.5 Å². The van der Waals surface area contributed by atoms with Crippen LogP contribution in [0.3, 0.4) is 0 Å². The van der Waals surface area contributed by atoms with E-state index in [9.17, 15) is 4.79 Å². The van der Waals surface area contributed by atoms with Gasteiger partial charge in [-0.25, -0.2) is 9.97 Å². The highest BCUT2D eigenvalue weighted by atomic mass is 16.2. The van der Waals surface area contributed by atoms with Gasteiger partial charge in [0.2, 0.25) is 5.91 Å². The molecule has 3 N–H and O–H groups in total. The lowest BCUT2D eigenvalue weighted by Gasteiger charge is -2.20. The molecule has 1 amide bonds. The Kier molecular flexibility index (Phi) is 3.43. The second-order valence-electron chi connectivity index (χ2n) is 4.77. The van der Waals surface area contributed by atoms with E-state index in [1.807, 2.05) is 17.8 Å². The summed E-state index contributed by atoms with van der Waals surface area (Å²) in [5.41, 5.74) is 2.81. The summed E-state index contributed by atoms with van der Waals surface area (Å²) in [6.45, 7) is 5.75. The van der Waals surface area contributed by atoms with Crippen LogP contribution in [0.5, 0.6) is 0 Å². The fourth-order valence-corrected chi connectivity index (χ4v) is 2.28. The van der Waals surface area contributed by atoms with E-state index in [1.54, 1.807) is 0 Å². The quantitative estimate of drug-likeness (QED) is 0.775. The van der Waals surface area contributed by atoms with Crippen molar-refractivity contribution < 1.29 is 4.79 Å². The second kappa shape index (κ2) is 5.39. The third kappa shape index (κ3) is 2.51. The molecule has 0 spiro atoms. The van der Waals surface area contributed by atoms with Crippen LogP contribution >= 0.6 is 0 Å². The molecule has 0 saturated carbocycles. The molecule has 0 fully saturated rings. The molecule has 0 bridgehead atoms. The molecule has 0 aliphatic carbocycles. The van der Waals surface area contributed by atoms with Crippen LogP contribution in [0.15, 0.2) is 12.5 Å². The number of aromatic nitrogens is 4. The SMILES string of the molecule is CCn1ncc(CNc2ncnc3c2NC(=O)CN3)c1C. The Bertz CT molecular complexity index is 679. The zero-order valence-electron chi connectivity index (χ0n) is 12.0. The molecule has 0 aromatic carbocycles. The van der Waals surface area contributed by atoms with Crippen LogP contribution in [0.4, 0.5) is 17.3 Å². The van der Waals surface area contributed by atoms with Crippen molar-refractivity contribution in [2.45, 2.75) is 26.9 Å². The molecule has 2 aromatic heterocycles. The summed E-state index contributed by atoms with van der Waals surface area (Å²) in [5, 5.41) is 13.3. The molecule has 2 aromatic rings. The Morgan fingerprint density at radius 1 is 1.43 bits per heavy atom. The third-order valence-corrected chi connectivity index (χ3v) is 3.48. The molecular formula is C13H17N7O. The summed E-state index contributed by atoms with van der Waals surface area (Å²) >= 11 is 0. The average molecular weight is 287 g/mol. The molecule has 1 aliphatic rings. The molecule has 3 heterocycles. The number of anilines is 3. The number of hydrogen-bond donors (Lipinski definition) is 3. The lowest BCUT2D eigenvalue weighted by molar-refractivity contribution is -0.114. The van der Waals surface area contributed by atoms with Gasteiger partial charge >= 0.3 is 0 Å². The van der Waals surface area contributed by atoms with Gasteiger partial charge in [-0.3, -0.25) is 9.48 Å². The van der Waals surface area contributed by atoms with Crippen molar-refractivity contribution in [1.82, 2.24) is 19.7 Å².